The van der Waals surface area contributed by atoms with Crippen LogP contribution in [0.4, 0.5) is 0 Å². The Labute approximate surface area is 101 Å². The lowest BCUT2D eigenvalue weighted by Crippen LogP contribution is -1.88. The van der Waals surface area contributed by atoms with Crippen LogP contribution in [0.25, 0.3) is 11.1 Å². The fourth-order valence-electron chi connectivity index (χ4n) is 1.93. The number of hydrogen-bond acceptors (Lipinski definition) is 2. The van der Waals surface area contributed by atoms with Crippen molar-refractivity contribution in [2.24, 2.45) is 0 Å². The van der Waals surface area contributed by atoms with Crippen molar-refractivity contribution >= 4 is 0 Å². The molecule has 0 saturated carbocycles. The molecule has 2 nitrogen and oxygen atoms in total. The molecule has 0 spiro atoms. The average Bonchev–Trinajstić information content (AvgIpc) is 2.28. The highest BCUT2D eigenvalue weighted by atomic mass is 16.3. The van der Waals surface area contributed by atoms with Crippen LogP contribution in [0.2, 0.25) is 0 Å². The zero-order valence-corrected chi connectivity index (χ0v) is 10.3. The van der Waals surface area contributed by atoms with Crippen molar-refractivity contribution in [3.8, 4) is 22.6 Å². The second kappa shape index (κ2) is 4.13. The van der Waals surface area contributed by atoms with E-state index in [9.17, 15) is 10.2 Å². The first-order valence-corrected chi connectivity index (χ1v) is 5.60. The van der Waals surface area contributed by atoms with E-state index >= 15 is 0 Å². The summed E-state index contributed by atoms with van der Waals surface area (Å²) in [6.45, 7) is 5.82. The van der Waals surface area contributed by atoms with Gasteiger partial charge in [0.15, 0.2) is 0 Å². The van der Waals surface area contributed by atoms with Crippen LogP contribution < -0.4 is 0 Å². The number of phenolic OH excluding ortho intramolecular Hbond substituents is 2. The number of benzene rings is 2. The topological polar surface area (TPSA) is 40.5 Å². The Kier molecular flexibility index (Phi) is 2.80. The fraction of sp³-hybridized carbons (Fsp3) is 0.200. The van der Waals surface area contributed by atoms with Gasteiger partial charge in [-0.1, -0.05) is 12.1 Å². The van der Waals surface area contributed by atoms with Gasteiger partial charge in [-0.2, -0.15) is 0 Å². The Morgan fingerprint density at radius 3 is 2.12 bits per heavy atom. The zero-order chi connectivity index (χ0) is 12.6. The van der Waals surface area contributed by atoms with Gasteiger partial charge in [-0.3, -0.25) is 0 Å². The van der Waals surface area contributed by atoms with Crippen molar-refractivity contribution in [1.29, 1.82) is 0 Å². The predicted molar refractivity (Wildman–Crippen MR) is 69.4 cm³/mol. The van der Waals surface area contributed by atoms with Crippen molar-refractivity contribution in [2.45, 2.75) is 20.8 Å². The summed E-state index contributed by atoms with van der Waals surface area (Å²) in [4.78, 5) is 0. The summed E-state index contributed by atoms with van der Waals surface area (Å²) in [5.74, 6) is 0.502. The van der Waals surface area contributed by atoms with Crippen molar-refractivity contribution in [2.75, 3.05) is 0 Å². The first-order chi connectivity index (χ1) is 8.00. The number of aromatic hydroxyl groups is 2. The molecule has 0 amide bonds. The Morgan fingerprint density at radius 1 is 0.765 bits per heavy atom. The Bertz CT molecular complexity index is 571. The fourth-order valence-corrected chi connectivity index (χ4v) is 1.93. The monoisotopic (exact) mass is 228 g/mol. The summed E-state index contributed by atoms with van der Waals surface area (Å²) in [6.07, 6.45) is 0. The predicted octanol–water partition coefficient (Wildman–Crippen LogP) is 3.69. The van der Waals surface area contributed by atoms with Crippen molar-refractivity contribution < 1.29 is 10.2 Å². The highest BCUT2D eigenvalue weighted by molar-refractivity contribution is 5.75. The van der Waals surface area contributed by atoms with Gasteiger partial charge in [-0.15, -0.1) is 0 Å². The largest absolute Gasteiger partial charge is 0.508 e. The summed E-state index contributed by atoms with van der Waals surface area (Å²) in [7, 11) is 0. The number of aryl methyl sites for hydroxylation is 2. The van der Waals surface area contributed by atoms with E-state index in [4.69, 9.17) is 0 Å². The minimum Gasteiger partial charge on any atom is -0.508 e. The molecule has 0 aliphatic rings. The molecular formula is C15H16O2. The van der Waals surface area contributed by atoms with Gasteiger partial charge < -0.3 is 10.2 Å². The van der Waals surface area contributed by atoms with Crippen LogP contribution in [0.15, 0.2) is 30.3 Å². The lowest BCUT2D eigenvalue weighted by Gasteiger charge is -2.12. The normalized spacial score (nSPS) is 10.5. The molecule has 88 valence electrons. The third-order valence-electron chi connectivity index (χ3n) is 3.21. The van der Waals surface area contributed by atoms with Crippen LogP contribution in [0.3, 0.4) is 0 Å². The maximum atomic E-state index is 10.0. The highest BCUT2D eigenvalue weighted by Crippen LogP contribution is 2.36. The molecule has 0 heterocycles. The van der Waals surface area contributed by atoms with Crippen LogP contribution in [0.5, 0.6) is 11.5 Å². The second-order valence-electron chi connectivity index (χ2n) is 4.40. The number of rotatable bonds is 1. The standard InChI is InChI=1S/C15H16O2/c1-9-7-13(15(17)8-10(9)2)12-5-4-6-14(16)11(12)3/h4-8,16-17H,1-3H3. The van der Waals surface area contributed by atoms with E-state index in [0.717, 1.165) is 27.8 Å². The second-order valence-corrected chi connectivity index (χ2v) is 4.40. The van der Waals surface area contributed by atoms with E-state index in [-0.39, 0.29) is 11.5 Å². The minimum absolute atomic E-state index is 0.250. The molecular weight excluding hydrogens is 212 g/mol. The van der Waals surface area contributed by atoms with E-state index in [0.29, 0.717) is 0 Å². The molecule has 0 fully saturated rings. The smallest absolute Gasteiger partial charge is 0.123 e. The maximum Gasteiger partial charge on any atom is 0.123 e. The van der Waals surface area contributed by atoms with Crippen molar-refractivity contribution in [1.82, 2.24) is 0 Å². The number of hydrogen-bond donors (Lipinski definition) is 2. The molecule has 2 aromatic carbocycles. The Morgan fingerprint density at radius 2 is 1.41 bits per heavy atom. The van der Waals surface area contributed by atoms with E-state index < -0.39 is 0 Å². The third kappa shape index (κ3) is 1.98. The van der Waals surface area contributed by atoms with Crippen molar-refractivity contribution in [3.05, 3.63) is 47.0 Å². The molecule has 0 bridgehead atoms. The summed E-state index contributed by atoms with van der Waals surface area (Å²) in [6, 6.07) is 9.04. The van der Waals surface area contributed by atoms with Crippen LogP contribution in [-0.4, -0.2) is 10.2 Å². The molecule has 0 unspecified atom stereocenters. The molecule has 2 rings (SSSR count). The number of phenols is 2. The van der Waals surface area contributed by atoms with Crippen molar-refractivity contribution in [3.63, 3.8) is 0 Å². The van der Waals surface area contributed by atoms with E-state index in [1.54, 1.807) is 18.2 Å². The molecule has 2 aromatic rings. The van der Waals surface area contributed by atoms with Gasteiger partial charge in [-0.05, 0) is 61.2 Å². The summed E-state index contributed by atoms with van der Waals surface area (Å²) < 4.78 is 0. The van der Waals surface area contributed by atoms with Gasteiger partial charge >= 0.3 is 0 Å². The first kappa shape index (κ1) is 11.5. The van der Waals surface area contributed by atoms with Gasteiger partial charge in [0.25, 0.3) is 0 Å². The molecule has 0 aromatic heterocycles. The van der Waals surface area contributed by atoms with Gasteiger partial charge in [-0.25, -0.2) is 0 Å². The van der Waals surface area contributed by atoms with Gasteiger partial charge in [0.2, 0.25) is 0 Å². The third-order valence-corrected chi connectivity index (χ3v) is 3.21. The van der Waals surface area contributed by atoms with E-state index in [1.165, 1.54) is 0 Å². The summed E-state index contributed by atoms with van der Waals surface area (Å²) in [5.41, 5.74) is 4.60. The Hall–Kier alpha value is -1.96. The van der Waals surface area contributed by atoms with Gasteiger partial charge in [0.05, 0.1) is 0 Å². The lowest BCUT2D eigenvalue weighted by atomic mass is 9.96. The SMILES string of the molecule is Cc1cc(O)c(-c2cccc(O)c2C)cc1C. The molecule has 2 heteroatoms. The minimum atomic E-state index is 0.250. The van der Waals surface area contributed by atoms with Gasteiger partial charge in [0, 0.05) is 5.56 Å². The summed E-state index contributed by atoms with van der Waals surface area (Å²) in [5, 5.41) is 19.7. The Balaban J connectivity index is 2.69. The quantitative estimate of drug-likeness (QED) is 0.781. The molecule has 0 radical (unpaired) electrons. The highest BCUT2D eigenvalue weighted by Gasteiger charge is 2.10. The zero-order valence-electron chi connectivity index (χ0n) is 10.3. The van der Waals surface area contributed by atoms with Crippen LogP contribution >= 0.6 is 0 Å². The molecule has 0 saturated heterocycles. The average molecular weight is 228 g/mol. The van der Waals surface area contributed by atoms with Crippen LogP contribution in [0, 0.1) is 20.8 Å². The molecule has 0 aliphatic heterocycles. The van der Waals surface area contributed by atoms with Crippen LogP contribution in [-0.2, 0) is 0 Å². The molecule has 0 atom stereocenters. The van der Waals surface area contributed by atoms with E-state index in [1.807, 2.05) is 32.9 Å². The van der Waals surface area contributed by atoms with Gasteiger partial charge in [0.1, 0.15) is 11.5 Å². The van der Waals surface area contributed by atoms with Crippen LogP contribution in [0.1, 0.15) is 16.7 Å². The maximum absolute atomic E-state index is 10.0. The molecule has 17 heavy (non-hydrogen) atoms. The summed E-state index contributed by atoms with van der Waals surface area (Å²) >= 11 is 0. The lowest BCUT2D eigenvalue weighted by molar-refractivity contribution is 0.470. The molecule has 0 aliphatic carbocycles. The molecule has 2 N–H and O–H groups in total. The first-order valence-electron chi connectivity index (χ1n) is 5.60. The van der Waals surface area contributed by atoms with E-state index in [2.05, 4.69) is 0 Å².